The molecule has 0 bridgehead atoms. The van der Waals surface area contributed by atoms with E-state index in [0.29, 0.717) is 11.7 Å². The van der Waals surface area contributed by atoms with Gasteiger partial charge in [-0.2, -0.15) is 0 Å². The largest absolute Gasteiger partial charge is 0.383 e. The number of anilines is 1. The molecule has 1 saturated heterocycles. The highest BCUT2D eigenvalue weighted by atomic mass is 32.1. The van der Waals surface area contributed by atoms with E-state index in [1.807, 2.05) is 5.38 Å². The zero-order valence-electron chi connectivity index (χ0n) is 6.82. The number of nitrogens with two attached hydrogens (primary N) is 1. The lowest BCUT2D eigenvalue weighted by molar-refractivity contribution is 0.0853. The minimum atomic E-state index is 0.584. The van der Waals surface area contributed by atoms with E-state index < -0.39 is 0 Å². The third kappa shape index (κ3) is 1.59. The molecule has 2 N–H and O–H groups in total. The molecule has 0 atom stereocenters. The Balaban J connectivity index is 2.08. The van der Waals surface area contributed by atoms with Gasteiger partial charge in [0.2, 0.25) is 0 Å². The lowest BCUT2D eigenvalue weighted by atomic mass is 10.0. The maximum absolute atomic E-state index is 5.55. The van der Waals surface area contributed by atoms with Crippen LogP contribution in [-0.2, 0) is 4.74 Å². The Morgan fingerprint density at radius 1 is 1.50 bits per heavy atom. The molecule has 1 aliphatic heterocycles. The standard InChI is InChI=1S/C8H12N2OS/c9-7-5-12-8(10-7)6-1-3-11-4-2-6/h5-6H,1-4,9H2. The maximum Gasteiger partial charge on any atom is 0.134 e. The molecule has 4 heteroatoms. The third-order valence-corrected chi connectivity index (χ3v) is 3.14. The van der Waals surface area contributed by atoms with Crippen LogP contribution in [0.1, 0.15) is 23.8 Å². The zero-order valence-corrected chi connectivity index (χ0v) is 7.64. The first-order valence-electron chi connectivity index (χ1n) is 4.15. The molecule has 66 valence electrons. The van der Waals surface area contributed by atoms with Gasteiger partial charge in [0.15, 0.2) is 0 Å². The highest BCUT2D eigenvalue weighted by Gasteiger charge is 2.18. The molecule has 1 aromatic heterocycles. The Hall–Kier alpha value is -0.610. The van der Waals surface area contributed by atoms with E-state index >= 15 is 0 Å². The molecule has 2 rings (SSSR count). The Morgan fingerprint density at radius 3 is 2.83 bits per heavy atom. The average molecular weight is 184 g/mol. The van der Waals surface area contributed by atoms with E-state index in [9.17, 15) is 0 Å². The summed E-state index contributed by atoms with van der Waals surface area (Å²) in [6.45, 7) is 1.73. The van der Waals surface area contributed by atoms with Crippen molar-refractivity contribution < 1.29 is 4.74 Å². The molecule has 0 spiro atoms. The predicted octanol–water partition coefficient (Wildman–Crippen LogP) is 1.62. The highest BCUT2D eigenvalue weighted by molar-refractivity contribution is 7.10. The minimum absolute atomic E-state index is 0.584. The summed E-state index contributed by atoms with van der Waals surface area (Å²) in [6.07, 6.45) is 2.18. The smallest absolute Gasteiger partial charge is 0.134 e. The molecule has 0 aromatic carbocycles. The summed E-state index contributed by atoms with van der Waals surface area (Å²) in [5.74, 6) is 1.24. The molecule has 0 unspecified atom stereocenters. The molecule has 0 amide bonds. The zero-order chi connectivity index (χ0) is 8.39. The summed E-state index contributed by atoms with van der Waals surface area (Å²) in [4.78, 5) is 4.28. The first-order chi connectivity index (χ1) is 5.86. The lowest BCUT2D eigenvalue weighted by Gasteiger charge is -2.19. The second-order valence-electron chi connectivity index (χ2n) is 3.00. The molecule has 0 aliphatic carbocycles. The van der Waals surface area contributed by atoms with Crippen LogP contribution in [0.15, 0.2) is 5.38 Å². The SMILES string of the molecule is Nc1csc(C2CCOCC2)n1. The Bertz CT molecular complexity index is 255. The van der Waals surface area contributed by atoms with Gasteiger partial charge in [0.05, 0.1) is 5.01 Å². The van der Waals surface area contributed by atoms with Crippen molar-refractivity contribution in [3.8, 4) is 0 Å². The van der Waals surface area contributed by atoms with Crippen LogP contribution >= 0.6 is 11.3 Å². The van der Waals surface area contributed by atoms with Crippen molar-refractivity contribution in [3.63, 3.8) is 0 Å². The van der Waals surface area contributed by atoms with Gasteiger partial charge in [-0.15, -0.1) is 11.3 Å². The van der Waals surface area contributed by atoms with Gasteiger partial charge < -0.3 is 10.5 Å². The van der Waals surface area contributed by atoms with E-state index in [1.165, 1.54) is 5.01 Å². The van der Waals surface area contributed by atoms with Crippen LogP contribution in [0.2, 0.25) is 0 Å². The van der Waals surface area contributed by atoms with Gasteiger partial charge in [-0.05, 0) is 12.8 Å². The number of aromatic nitrogens is 1. The van der Waals surface area contributed by atoms with Gasteiger partial charge >= 0.3 is 0 Å². The molecule has 0 saturated carbocycles. The van der Waals surface area contributed by atoms with E-state index in [-0.39, 0.29) is 0 Å². The molecule has 1 aromatic rings. The van der Waals surface area contributed by atoms with Gasteiger partial charge in [-0.3, -0.25) is 0 Å². The number of ether oxygens (including phenoxy) is 1. The second-order valence-corrected chi connectivity index (χ2v) is 3.89. The number of hydrogen-bond acceptors (Lipinski definition) is 4. The molecule has 1 fully saturated rings. The maximum atomic E-state index is 5.55. The van der Waals surface area contributed by atoms with Gasteiger partial charge in [0.1, 0.15) is 5.82 Å². The third-order valence-electron chi connectivity index (χ3n) is 2.11. The summed E-state index contributed by atoms with van der Waals surface area (Å²) in [7, 11) is 0. The van der Waals surface area contributed by atoms with E-state index in [1.54, 1.807) is 11.3 Å². The van der Waals surface area contributed by atoms with Crippen LogP contribution in [0.4, 0.5) is 5.82 Å². The second kappa shape index (κ2) is 3.41. The van der Waals surface area contributed by atoms with Crippen LogP contribution in [0.25, 0.3) is 0 Å². The Labute approximate surface area is 75.6 Å². The van der Waals surface area contributed by atoms with Crippen molar-refractivity contribution >= 4 is 17.2 Å². The average Bonchev–Trinajstić information content (AvgIpc) is 2.54. The quantitative estimate of drug-likeness (QED) is 0.721. The molecule has 2 heterocycles. The Kier molecular flexibility index (Phi) is 2.28. The molecular weight excluding hydrogens is 172 g/mol. The lowest BCUT2D eigenvalue weighted by Crippen LogP contribution is -2.13. The molecule has 12 heavy (non-hydrogen) atoms. The van der Waals surface area contributed by atoms with Gasteiger partial charge in [0, 0.05) is 24.5 Å². The van der Waals surface area contributed by atoms with E-state index in [0.717, 1.165) is 26.1 Å². The summed E-state index contributed by atoms with van der Waals surface area (Å²) in [5.41, 5.74) is 5.55. The minimum Gasteiger partial charge on any atom is -0.383 e. The number of rotatable bonds is 1. The monoisotopic (exact) mass is 184 g/mol. The summed E-state index contributed by atoms with van der Waals surface area (Å²) >= 11 is 1.66. The van der Waals surface area contributed by atoms with Crippen LogP contribution in [0.3, 0.4) is 0 Å². The van der Waals surface area contributed by atoms with Crippen molar-refractivity contribution in [2.45, 2.75) is 18.8 Å². The Morgan fingerprint density at radius 2 is 2.25 bits per heavy atom. The number of nitrogens with zero attached hydrogens (tertiary/aromatic N) is 1. The first-order valence-corrected chi connectivity index (χ1v) is 5.03. The topological polar surface area (TPSA) is 48.1 Å². The summed E-state index contributed by atoms with van der Waals surface area (Å²) in [5, 5.41) is 3.08. The van der Waals surface area contributed by atoms with Gasteiger partial charge in [-0.25, -0.2) is 4.98 Å². The van der Waals surface area contributed by atoms with E-state index in [4.69, 9.17) is 10.5 Å². The van der Waals surface area contributed by atoms with Crippen molar-refractivity contribution in [2.24, 2.45) is 0 Å². The molecule has 1 aliphatic rings. The molecule has 3 nitrogen and oxygen atoms in total. The van der Waals surface area contributed by atoms with Gasteiger partial charge in [0.25, 0.3) is 0 Å². The summed E-state index contributed by atoms with van der Waals surface area (Å²) < 4.78 is 5.27. The number of thiazole rings is 1. The van der Waals surface area contributed by atoms with Crippen molar-refractivity contribution in [3.05, 3.63) is 10.4 Å². The fourth-order valence-corrected chi connectivity index (χ4v) is 2.31. The van der Waals surface area contributed by atoms with Crippen molar-refractivity contribution in [1.82, 2.24) is 4.98 Å². The normalized spacial score (nSPS) is 19.7. The van der Waals surface area contributed by atoms with Crippen LogP contribution in [-0.4, -0.2) is 18.2 Å². The van der Waals surface area contributed by atoms with Crippen LogP contribution in [0, 0.1) is 0 Å². The number of nitrogen functional groups attached to an aromatic ring is 1. The molecular formula is C8H12N2OS. The first kappa shape index (κ1) is 8.01. The summed E-state index contributed by atoms with van der Waals surface area (Å²) in [6, 6.07) is 0. The molecule has 0 radical (unpaired) electrons. The fraction of sp³-hybridized carbons (Fsp3) is 0.625. The van der Waals surface area contributed by atoms with Crippen molar-refractivity contribution in [1.29, 1.82) is 0 Å². The van der Waals surface area contributed by atoms with Crippen LogP contribution < -0.4 is 5.73 Å². The van der Waals surface area contributed by atoms with Crippen molar-refractivity contribution in [2.75, 3.05) is 18.9 Å². The highest BCUT2D eigenvalue weighted by Crippen LogP contribution is 2.29. The number of hydrogen-bond donors (Lipinski definition) is 1. The van der Waals surface area contributed by atoms with Gasteiger partial charge in [-0.1, -0.05) is 0 Å². The fourth-order valence-electron chi connectivity index (χ4n) is 1.43. The van der Waals surface area contributed by atoms with Crippen LogP contribution in [0.5, 0.6) is 0 Å². The van der Waals surface area contributed by atoms with E-state index in [2.05, 4.69) is 4.98 Å². The predicted molar refractivity (Wildman–Crippen MR) is 49.3 cm³/mol.